The van der Waals surface area contributed by atoms with E-state index in [2.05, 4.69) is 10.6 Å². The molecule has 30 heavy (non-hydrogen) atoms. The highest BCUT2D eigenvalue weighted by Gasteiger charge is 2.52. The maximum Gasteiger partial charge on any atom is 0.325 e. The Bertz CT molecular complexity index is 936. The molecule has 4 rings (SSSR count). The molecule has 0 unspecified atom stereocenters. The van der Waals surface area contributed by atoms with Crippen LogP contribution in [0.1, 0.15) is 42.5 Å². The summed E-state index contributed by atoms with van der Waals surface area (Å²) in [6.45, 7) is -0.672. The molecule has 1 aromatic rings. The maximum absolute atomic E-state index is 12.5. The number of imide groups is 1. The topological polar surface area (TPSA) is 131 Å². The third-order valence-corrected chi connectivity index (χ3v) is 5.54. The van der Waals surface area contributed by atoms with Crippen molar-refractivity contribution in [3.63, 3.8) is 0 Å². The zero-order valence-corrected chi connectivity index (χ0v) is 16.2. The van der Waals surface area contributed by atoms with Gasteiger partial charge in [0.25, 0.3) is 11.8 Å². The maximum atomic E-state index is 12.5. The first-order valence-electron chi connectivity index (χ1n) is 9.78. The number of ether oxygens (including phenoxy) is 2. The van der Waals surface area contributed by atoms with E-state index in [9.17, 15) is 24.0 Å². The lowest BCUT2D eigenvalue weighted by atomic mass is 9.98. The van der Waals surface area contributed by atoms with Crippen molar-refractivity contribution in [2.45, 2.75) is 37.6 Å². The minimum absolute atomic E-state index is 0.0867. The molecule has 10 heteroatoms. The monoisotopic (exact) mass is 415 g/mol. The number of benzene rings is 1. The lowest BCUT2D eigenvalue weighted by molar-refractivity contribution is -0.143. The molecular formula is C20H21N3O7. The Balaban J connectivity index is 1.27. The van der Waals surface area contributed by atoms with Gasteiger partial charge in [0.15, 0.2) is 19.0 Å². The van der Waals surface area contributed by atoms with Gasteiger partial charge in [-0.25, -0.2) is 4.79 Å². The van der Waals surface area contributed by atoms with Crippen molar-refractivity contribution in [1.29, 1.82) is 0 Å². The van der Waals surface area contributed by atoms with Gasteiger partial charge < -0.3 is 20.1 Å². The number of ketones is 1. The molecule has 0 radical (unpaired) electrons. The van der Waals surface area contributed by atoms with Crippen LogP contribution in [0.2, 0.25) is 0 Å². The molecule has 2 heterocycles. The fourth-order valence-corrected chi connectivity index (χ4v) is 3.96. The van der Waals surface area contributed by atoms with Crippen LogP contribution >= 0.6 is 0 Å². The van der Waals surface area contributed by atoms with Gasteiger partial charge >= 0.3 is 12.0 Å². The van der Waals surface area contributed by atoms with E-state index in [-0.39, 0.29) is 37.0 Å². The minimum Gasteiger partial charge on any atom is -0.482 e. The van der Waals surface area contributed by atoms with E-state index in [0.29, 0.717) is 24.3 Å². The van der Waals surface area contributed by atoms with Crippen molar-refractivity contribution in [3.05, 3.63) is 23.8 Å². The van der Waals surface area contributed by atoms with Crippen molar-refractivity contribution < 1.29 is 33.4 Å². The largest absolute Gasteiger partial charge is 0.482 e. The average molecular weight is 415 g/mol. The van der Waals surface area contributed by atoms with Crippen LogP contribution in [-0.4, -0.2) is 59.8 Å². The lowest BCUT2D eigenvalue weighted by Crippen LogP contribution is -2.44. The van der Waals surface area contributed by atoms with Crippen LogP contribution < -0.4 is 15.4 Å². The van der Waals surface area contributed by atoms with Gasteiger partial charge in [0, 0.05) is 12.1 Å². The van der Waals surface area contributed by atoms with Crippen molar-refractivity contribution in [2.75, 3.05) is 25.1 Å². The van der Waals surface area contributed by atoms with Crippen molar-refractivity contribution in [2.24, 2.45) is 0 Å². The second-order valence-electron chi connectivity index (χ2n) is 7.56. The number of rotatable bonds is 6. The molecule has 0 atom stereocenters. The van der Waals surface area contributed by atoms with Gasteiger partial charge in [-0.15, -0.1) is 0 Å². The van der Waals surface area contributed by atoms with Gasteiger partial charge in [0.05, 0.1) is 12.1 Å². The fraction of sp³-hybridized carbons (Fsp3) is 0.450. The number of fused-ring (bicyclic) bond motifs is 1. The van der Waals surface area contributed by atoms with Crippen LogP contribution in [0.25, 0.3) is 0 Å². The predicted octanol–water partition coefficient (Wildman–Crippen LogP) is 0.998. The summed E-state index contributed by atoms with van der Waals surface area (Å²) in [5.41, 5.74) is -0.185. The first kappa shape index (κ1) is 19.9. The zero-order valence-electron chi connectivity index (χ0n) is 16.2. The predicted molar refractivity (Wildman–Crippen MR) is 102 cm³/mol. The summed E-state index contributed by atoms with van der Waals surface area (Å²) in [4.78, 5) is 61.4. The summed E-state index contributed by atoms with van der Waals surface area (Å²) in [5.74, 6) is -1.31. The summed E-state index contributed by atoms with van der Waals surface area (Å²) < 4.78 is 10.2. The Kier molecular flexibility index (Phi) is 5.15. The van der Waals surface area contributed by atoms with Crippen LogP contribution in [0, 0.1) is 0 Å². The average Bonchev–Trinajstić information content (AvgIpc) is 3.29. The Morgan fingerprint density at radius 3 is 2.70 bits per heavy atom. The van der Waals surface area contributed by atoms with Gasteiger partial charge in [-0.1, -0.05) is 12.8 Å². The van der Waals surface area contributed by atoms with Crippen LogP contribution in [0.3, 0.4) is 0 Å². The van der Waals surface area contributed by atoms with E-state index < -0.39 is 29.9 Å². The third-order valence-electron chi connectivity index (χ3n) is 5.54. The van der Waals surface area contributed by atoms with Gasteiger partial charge in [-0.3, -0.25) is 24.1 Å². The number of anilines is 1. The number of amides is 4. The molecule has 0 bridgehead atoms. The molecule has 1 saturated heterocycles. The standard InChI is InChI=1S/C20H21N3O7/c24-14(12-3-4-15-13(9-12)21-16(25)11-29-15)10-30-17(26)5-8-23-18(27)20(22-19(23)28)6-1-2-7-20/h3-4,9H,1-2,5-8,10-11H2,(H,21,25)(H,22,28). The fourth-order valence-electron chi connectivity index (χ4n) is 3.96. The molecular weight excluding hydrogens is 394 g/mol. The van der Waals surface area contributed by atoms with E-state index in [1.54, 1.807) is 6.07 Å². The van der Waals surface area contributed by atoms with Gasteiger partial charge in [-0.2, -0.15) is 0 Å². The van der Waals surface area contributed by atoms with Crippen LogP contribution in [0.15, 0.2) is 18.2 Å². The normalized spacial score (nSPS) is 19.2. The molecule has 158 valence electrons. The summed E-state index contributed by atoms with van der Waals surface area (Å²) in [7, 11) is 0. The Labute approximate surface area is 171 Å². The van der Waals surface area contributed by atoms with E-state index in [1.807, 2.05) is 0 Å². The van der Waals surface area contributed by atoms with Crippen molar-refractivity contribution in [3.8, 4) is 5.75 Å². The third kappa shape index (κ3) is 3.72. The van der Waals surface area contributed by atoms with Crippen molar-refractivity contribution >= 4 is 35.3 Å². The highest BCUT2D eigenvalue weighted by atomic mass is 16.5. The first-order valence-corrected chi connectivity index (χ1v) is 9.78. The molecule has 1 aromatic carbocycles. The molecule has 2 fully saturated rings. The van der Waals surface area contributed by atoms with Gasteiger partial charge in [0.2, 0.25) is 0 Å². The highest BCUT2D eigenvalue weighted by molar-refractivity contribution is 6.07. The Morgan fingerprint density at radius 2 is 1.93 bits per heavy atom. The van der Waals surface area contributed by atoms with Crippen LogP contribution in [-0.2, 0) is 19.1 Å². The SMILES string of the molecule is O=C1COc2ccc(C(=O)COC(=O)CCN3C(=O)NC4(CCCC4)C3=O)cc2N1. The molecule has 1 saturated carbocycles. The Hall–Kier alpha value is -3.43. The number of nitrogens with zero attached hydrogens (tertiary/aromatic N) is 1. The van der Waals surface area contributed by atoms with E-state index in [1.165, 1.54) is 12.1 Å². The lowest BCUT2D eigenvalue weighted by Gasteiger charge is -2.19. The molecule has 1 aliphatic carbocycles. The number of hydrogen-bond donors (Lipinski definition) is 2. The number of hydrogen-bond acceptors (Lipinski definition) is 7. The quantitative estimate of drug-likeness (QED) is 0.402. The summed E-state index contributed by atoms with van der Waals surface area (Å²) in [5, 5.41) is 5.34. The van der Waals surface area contributed by atoms with Gasteiger partial charge in [0.1, 0.15) is 11.3 Å². The molecule has 10 nitrogen and oxygen atoms in total. The molecule has 0 aromatic heterocycles. The Morgan fingerprint density at radius 1 is 1.17 bits per heavy atom. The first-order chi connectivity index (χ1) is 14.4. The van der Waals surface area contributed by atoms with E-state index in [4.69, 9.17) is 9.47 Å². The number of carbonyl (C=O) groups is 5. The number of carbonyl (C=O) groups excluding carboxylic acids is 5. The van der Waals surface area contributed by atoms with Crippen molar-refractivity contribution in [1.82, 2.24) is 10.2 Å². The van der Waals surface area contributed by atoms with Gasteiger partial charge in [-0.05, 0) is 31.0 Å². The molecule has 2 N–H and O–H groups in total. The molecule has 1 spiro atoms. The minimum atomic E-state index is -0.817. The molecule has 2 aliphatic heterocycles. The number of nitrogens with one attached hydrogen (secondary N) is 2. The zero-order chi connectivity index (χ0) is 21.3. The van der Waals surface area contributed by atoms with E-state index >= 15 is 0 Å². The summed E-state index contributed by atoms with van der Waals surface area (Å²) >= 11 is 0. The van der Waals surface area contributed by atoms with E-state index in [0.717, 1.165) is 17.7 Å². The van der Waals surface area contributed by atoms with Crippen LogP contribution in [0.4, 0.5) is 10.5 Å². The highest BCUT2D eigenvalue weighted by Crippen LogP contribution is 2.35. The molecule has 3 aliphatic rings. The number of esters is 1. The smallest absolute Gasteiger partial charge is 0.325 e. The second kappa shape index (κ2) is 7.77. The number of urea groups is 1. The summed E-state index contributed by atoms with van der Waals surface area (Å²) in [6, 6.07) is 4.03. The summed E-state index contributed by atoms with van der Waals surface area (Å²) in [6.07, 6.45) is 2.78. The second-order valence-corrected chi connectivity index (χ2v) is 7.56. The van der Waals surface area contributed by atoms with Crippen LogP contribution in [0.5, 0.6) is 5.75 Å². The molecule has 4 amide bonds. The number of Topliss-reactive ketones (excluding diaryl/α,β-unsaturated/α-hetero) is 1.